The van der Waals surface area contributed by atoms with Crippen molar-refractivity contribution >= 4 is 109 Å². The fourth-order valence-corrected chi connectivity index (χ4v) is 19.9. The van der Waals surface area contributed by atoms with E-state index < -0.39 is 0 Å². The fraction of sp³-hybridized carbons (Fsp3) is 0.0236. The average molecular weight is 1840 g/mol. The predicted octanol–water partition coefficient (Wildman–Crippen LogP) is 32.6. The van der Waals surface area contributed by atoms with E-state index >= 15 is 0 Å². The molecule has 20 aromatic carbocycles. The second-order valence-electron chi connectivity index (χ2n) is 35.4. The summed E-state index contributed by atoms with van der Waals surface area (Å²) in [4.78, 5) is 0. The Morgan fingerprint density at radius 3 is 0.832 bits per heavy atom. The lowest BCUT2D eigenvalue weighted by Crippen LogP contribution is -1.95. The number of para-hydroxylation sites is 4. The van der Waals surface area contributed by atoms with Crippen molar-refractivity contribution in [3.63, 3.8) is 0 Å². The lowest BCUT2D eigenvalue weighted by molar-refractivity contribution is 0.584. The number of hydrogen-bond acceptors (Lipinski definition) is 12. The van der Waals surface area contributed by atoms with Gasteiger partial charge in [-0.1, -0.05) is 285 Å². The maximum absolute atomic E-state index is 5.96. The van der Waals surface area contributed by atoms with Crippen LogP contribution in [0.1, 0.15) is 6.92 Å². The minimum atomic E-state index is 0.513. The van der Waals surface area contributed by atoms with Crippen molar-refractivity contribution in [2.75, 3.05) is 0 Å². The Kier molecular flexibility index (Phi) is 22.1. The van der Waals surface area contributed by atoms with Gasteiger partial charge in [0.25, 0.3) is 0 Å². The predicted molar refractivity (Wildman–Crippen MR) is 579 cm³/mol. The van der Waals surface area contributed by atoms with E-state index in [2.05, 4.69) is 376 Å². The molecule has 0 aliphatic carbocycles. The van der Waals surface area contributed by atoms with E-state index in [1.807, 2.05) is 170 Å². The Morgan fingerprint density at radius 2 is 0.427 bits per heavy atom. The molecule has 16 heteroatoms. The standard InChI is InChI=1S/2C36H23N3O.C28H21N3O.C27H19N3O/c1-2-10-26(11-3-1)35-37-38-36(40-35)27-19-17-24(18-20-27)28-21-22-34-31(23-28)30-14-6-7-15-33(30)39(34)32-16-8-12-25-9-4-5-13-29(25)32;1-2-9-26(10-3-1)35-37-38-36(40-35)27-16-14-25(15-17-27)29-19-21-34-32(23-29)31-12-6-7-13-33(31)39(34)30-20-18-24-8-4-5-11-28(24)22-30;1-2-31-25-11-7-6-10-23(25)24-18-22(16-17-26(24)31)19-12-14-21(15-13-19)28-30-29-27(32-28)20-8-4-3-5-9-20;1-30-24-10-6-5-9-22(24)23-17-21(15-16-25(23)30)18-11-13-20(14-12-18)27-29-28-26(31-27)19-7-3-2-4-8-19/h2*1-23H;3-18H,2H2,1H3;2-17H,1H3. The maximum atomic E-state index is 5.96. The third-order valence-corrected chi connectivity index (χ3v) is 27.0. The van der Waals surface area contributed by atoms with E-state index in [1.165, 1.54) is 126 Å². The number of aromatic nitrogens is 12. The van der Waals surface area contributed by atoms with Gasteiger partial charge in [-0.3, -0.25) is 0 Å². The van der Waals surface area contributed by atoms with Gasteiger partial charge in [-0.25, -0.2) is 0 Å². The number of aryl methyl sites for hydroxylation is 2. The summed E-state index contributed by atoms with van der Waals surface area (Å²) in [7, 11) is 2.12. The van der Waals surface area contributed by atoms with Crippen LogP contribution in [0, 0.1) is 0 Å². The van der Waals surface area contributed by atoms with Crippen LogP contribution in [0.2, 0.25) is 0 Å². The Balaban J connectivity index is 0.000000101. The van der Waals surface area contributed by atoms with Crippen LogP contribution in [-0.2, 0) is 13.6 Å². The minimum absolute atomic E-state index is 0.513. The average Bonchev–Trinajstić information content (AvgIpc) is 1.57. The van der Waals surface area contributed by atoms with Gasteiger partial charge >= 0.3 is 0 Å². The molecule has 28 aromatic rings. The van der Waals surface area contributed by atoms with Gasteiger partial charge in [0.15, 0.2) is 0 Å². The second-order valence-corrected chi connectivity index (χ2v) is 35.4. The summed E-state index contributed by atoms with van der Waals surface area (Å²) >= 11 is 0. The Morgan fingerprint density at radius 1 is 0.175 bits per heavy atom. The molecule has 8 heterocycles. The van der Waals surface area contributed by atoms with Crippen LogP contribution in [0.5, 0.6) is 0 Å². The molecule has 0 aliphatic rings. The van der Waals surface area contributed by atoms with Crippen molar-refractivity contribution in [2.45, 2.75) is 13.5 Å². The van der Waals surface area contributed by atoms with Gasteiger partial charge in [0, 0.05) is 134 Å². The van der Waals surface area contributed by atoms with E-state index in [4.69, 9.17) is 17.7 Å². The highest BCUT2D eigenvalue weighted by Crippen LogP contribution is 2.43. The highest BCUT2D eigenvalue weighted by atomic mass is 16.4. The van der Waals surface area contributed by atoms with Gasteiger partial charge in [-0.05, 0) is 256 Å². The third-order valence-electron chi connectivity index (χ3n) is 27.0. The molecule has 0 atom stereocenters. The summed E-state index contributed by atoms with van der Waals surface area (Å²) in [6.07, 6.45) is 0. The van der Waals surface area contributed by atoms with Crippen molar-refractivity contribution < 1.29 is 17.7 Å². The van der Waals surface area contributed by atoms with Crippen LogP contribution in [0.25, 0.3) is 256 Å². The summed E-state index contributed by atoms with van der Waals surface area (Å²) < 4.78 is 33.1. The minimum Gasteiger partial charge on any atom is -0.416 e. The van der Waals surface area contributed by atoms with Crippen LogP contribution < -0.4 is 0 Å². The van der Waals surface area contributed by atoms with Gasteiger partial charge in [-0.15, -0.1) is 40.8 Å². The first-order chi connectivity index (χ1) is 70.7. The molecule has 0 N–H and O–H groups in total. The number of benzene rings is 20. The highest BCUT2D eigenvalue weighted by molar-refractivity contribution is 6.14. The number of fused-ring (bicyclic) bond motifs is 14. The van der Waals surface area contributed by atoms with Crippen LogP contribution in [-0.4, -0.2) is 59.1 Å². The molecule has 143 heavy (non-hydrogen) atoms. The molecular weight excluding hydrogens is 1760 g/mol. The lowest BCUT2D eigenvalue weighted by atomic mass is 10.0. The molecule has 0 aliphatic heterocycles. The molecule has 0 bridgehead atoms. The molecule has 0 saturated heterocycles. The zero-order valence-corrected chi connectivity index (χ0v) is 77.7. The SMILES string of the molecule is CCn1c2ccccc2c2cc(-c3ccc(-c4nnc(-c5ccccc5)o4)cc3)ccc21.Cn1c2ccccc2c2cc(-c3ccc(-c4nnc(-c5ccccc5)o4)cc3)ccc21.c1ccc(-c2nnc(-c3ccc(-c4ccc5c(c4)c4ccccc4n5-c4ccc5ccccc5c4)cc3)o2)cc1.c1ccc(-c2nnc(-c3ccc(-c4ccc5c(c4)c4ccccc4n5-c4cccc5ccccc45)cc3)o2)cc1. The summed E-state index contributed by atoms with van der Waals surface area (Å²) in [5.74, 6) is 4.18. The normalized spacial score (nSPS) is 11.5. The van der Waals surface area contributed by atoms with Gasteiger partial charge in [0.05, 0.1) is 27.8 Å². The van der Waals surface area contributed by atoms with Crippen LogP contribution in [0.4, 0.5) is 0 Å². The molecule has 0 fully saturated rings. The lowest BCUT2D eigenvalue weighted by Gasteiger charge is -2.11. The molecule has 28 rings (SSSR count). The zero-order valence-electron chi connectivity index (χ0n) is 77.7. The first-order valence-electron chi connectivity index (χ1n) is 47.8. The first-order valence-corrected chi connectivity index (χ1v) is 47.8. The van der Waals surface area contributed by atoms with E-state index in [9.17, 15) is 0 Å². The maximum Gasteiger partial charge on any atom is 0.248 e. The molecule has 0 unspecified atom stereocenters. The largest absolute Gasteiger partial charge is 0.416 e. The third kappa shape index (κ3) is 16.2. The van der Waals surface area contributed by atoms with E-state index in [0.717, 1.165) is 90.1 Å². The quantitative estimate of drug-likeness (QED) is 0.0951. The van der Waals surface area contributed by atoms with Crippen molar-refractivity contribution in [3.05, 3.63) is 473 Å². The van der Waals surface area contributed by atoms with Crippen molar-refractivity contribution in [3.8, 4) is 148 Å². The van der Waals surface area contributed by atoms with Gasteiger partial charge in [0.2, 0.25) is 47.1 Å². The summed E-state index contributed by atoms with van der Waals surface area (Å²) in [5.41, 5.74) is 28.7. The summed E-state index contributed by atoms with van der Waals surface area (Å²) in [6, 6.07) is 164. The van der Waals surface area contributed by atoms with Crippen LogP contribution in [0.15, 0.2) is 491 Å². The summed E-state index contributed by atoms with van der Waals surface area (Å²) in [5, 5.41) is 48.9. The number of nitrogens with zero attached hydrogens (tertiary/aromatic N) is 12. The van der Waals surface area contributed by atoms with Crippen molar-refractivity contribution in [1.29, 1.82) is 0 Å². The van der Waals surface area contributed by atoms with E-state index in [-0.39, 0.29) is 0 Å². The molecule has 0 radical (unpaired) electrons. The topological polar surface area (TPSA) is 175 Å². The number of rotatable bonds is 15. The Bertz CT molecular complexity index is 9560. The van der Waals surface area contributed by atoms with E-state index in [0.29, 0.717) is 47.1 Å². The molecule has 0 amide bonds. The van der Waals surface area contributed by atoms with Gasteiger partial charge < -0.3 is 35.9 Å². The molecule has 0 saturated carbocycles. The number of hydrogen-bond donors (Lipinski definition) is 0. The monoisotopic (exact) mass is 1840 g/mol. The van der Waals surface area contributed by atoms with E-state index in [1.54, 1.807) is 0 Å². The highest BCUT2D eigenvalue weighted by Gasteiger charge is 2.23. The Hall–Kier alpha value is -19.3. The van der Waals surface area contributed by atoms with Crippen LogP contribution in [0.3, 0.4) is 0 Å². The second kappa shape index (κ2) is 37.0. The molecule has 0 spiro atoms. The molecular formula is C127H86N12O4. The van der Waals surface area contributed by atoms with Gasteiger partial charge in [0.1, 0.15) is 0 Å². The first kappa shape index (κ1) is 85.4. The smallest absolute Gasteiger partial charge is 0.248 e. The van der Waals surface area contributed by atoms with Crippen LogP contribution >= 0.6 is 0 Å². The van der Waals surface area contributed by atoms with Crippen molar-refractivity contribution in [2.24, 2.45) is 7.05 Å². The molecule has 8 aromatic heterocycles. The summed E-state index contributed by atoms with van der Waals surface area (Å²) in [6.45, 7) is 3.15. The van der Waals surface area contributed by atoms with Crippen molar-refractivity contribution in [1.82, 2.24) is 59.1 Å². The fourth-order valence-electron chi connectivity index (χ4n) is 19.9. The molecule has 16 nitrogen and oxygen atoms in total. The zero-order chi connectivity index (χ0) is 95.2. The molecule has 678 valence electrons. The van der Waals surface area contributed by atoms with Gasteiger partial charge in [-0.2, -0.15) is 0 Å². The Labute approximate surface area is 821 Å².